The third kappa shape index (κ3) is 2.12. The Balaban J connectivity index is 1.98. The molecule has 108 valence electrons. The van der Waals surface area contributed by atoms with Crippen LogP contribution >= 0.6 is 23.4 Å². The number of rotatable bonds is 0. The Hall–Kier alpha value is -0.960. The number of halogens is 1. The lowest BCUT2D eigenvalue weighted by molar-refractivity contribution is -0.909. The minimum Gasteiger partial charge on any atom is -0.322 e. The summed E-state index contributed by atoms with van der Waals surface area (Å²) in [6, 6.07) is 15.8. The Bertz CT molecular complexity index is 710. The van der Waals surface area contributed by atoms with Gasteiger partial charge in [0, 0.05) is 32.7 Å². The second-order valence-corrected chi connectivity index (χ2v) is 8.18. The zero-order valence-electron chi connectivity index (χ0n) is 12.3. The zero-order chi connectivity index (χ0) is 14.6. The van der Waals surface area contributed by atoms with Crippen molar-refractivity contribution in [2.75, 3.05) is 20.6 Å². The largest absolute Gasteiger partial charge is 0.322 e. The summed E-state index contributed by atoms with van der Waals surface area (Å²) in [5.41, 5.74) is 2.94. The monoisotopic (exact) mass is 316 g/mol. The average molecular weight is 317 g/mol. The summed E-state index contributed by atoms with van der Waals surface area (Å²) in [5.74, 6) is 0.600. The summed E-state index contributed by atoms with van der Waals surface area (Å²) in [5, 5.41) is 0.853. The van der Waals surface area contributed by atoms with Crippen LogP contribution in [0.2, 0.25) is 5.02 Å². The molecule has 2 aromatic rings. The number of likely N-dealkylation sites (N-methyl/N-ethyl adjacent to an activating group) is 1. The molecule has 4 rings (SSSR count). The molecule has 1 fully saturated rings. The summed E-state index contributed by atoms with van der Waals surface area (Å²) in [6.45, 7) is 1.22. The highest BCUT2D eigenvalue weighted by Gasteiger charge is 2.47. The number of benzene rings is 2. The molecule has 0 bridgehead atoms. The number of hydrogen-bond acceptors (Lipinski definition) is 1. The standard InChI is InChI=1S/C18H19ClNS/c1-20(2)10-9-14-13-5-3-4-6-16(13)21-17-8-7-12(19)11-15(17)18(14)20/h3-8,11,14,18H,9-10H2,1-2H3/q+1/t14-,18+/m1/s1. The molecule has 3 heteroatoms. The van der Waals surface area contributed by atoms with Gasteiger partial charge in [-0.15, -0.1) is 0 Å². The molecule has 0 N–H and O–H groups in total. The van der Waals surface area contributed by atoms with Gasteiger partial charge in [0.2, 0.25) is 0 Å². The van der Waals surface area contributed by atoms with Gasteiger partial charge in [-0.05, 0) is 29.8 Å². The first-order valence-electron chi connectivity index (χ1n) is 7.45. The fourth-order valence-electron chi connectivity index (χ4n) is 4.02. The number of nitrogens with zero attached hydrogens (tertiary/aromatic N) is 1. The lowest BCUT2D eigenvalue weighted by atomic mass is 9.87. The fraction of sp³-hybridized carbons (Fsp3) is 0.333. The number of fused-ring (bicyclic) bond motifs is 5. The van der Waals surface area contributed by atoms with Crippen molar-refractivity contribution in [2.45, 2.75) is 28.2 Å². The van der Waals surface area contributed by atoms with E-state index in [1.807, 2.05) is 17.8 Å². The van der Waals surface area contributed by atoms with Crippen LogP contribution in [-0.4, -0.2) is 25.1 Å². The van der Waals surface area contributed by atoms with Crippen molar-refractivity contribution >= 4 is 23.4 Å². The van der Waals surface area contributed by atoms with E-state index in [1.165, 1.54) is 33.9 Å². The summed E-state index contributed by atoms with van der Waals surface area (Å²) in [7, 11) is 4.71. The highest BCUT2D eigenvalue weighted by Crippen LogP contribution is 2.54. The lowest BCUT2D eigenvalue weighted by Gasteiger charge is -2.34. The Morgan fingerprint density at radius 2 is 1.81 bits per heavy atom. The van der Waals surface area contributed by atoms with E-state index in [2.05, 4.69) is 50.5 Å². The number of quaternary nitrogens is 1. The van der Waals surface area contributed by atoms with Crippen molar-refractivity contribution in [1.82, 2.24) is 0 Å². The average Bonchev–Trinajstić information content (AvgIpc) is 2.69. The van der Waals surface area contributed by atoms with Gasteiger partial charge >= 0.3 is 0 Å². The SMILES string of the molecule is C[N+]1(C)CC[C@@H]2c3ccccc3Sc3ccc(Cl)cc3[C@H]21. The van der Waals surface area contributed by atoms with Gasteiger partial charge in [0.05, 0.1) is 20.6 Å². The van der Waals surface area contributed by atoms with Gasteiger partial charge in [0.25, 0.3) is 0 Å². The normalized spacial score (nSPS) is 25.7. The maximum absolute atomic E-state index is 6.31. The van der Waals surface area contributed by atoms with Crippen LogP contribution < -0.4 is 0 Å². The van der Waals surface area contributed by atoms with Crippen molar-refractivity contribution in [3.05, 3.63) is 58.6 Å². The molecule has 2 aromatic carbocycles. The van der Waals surface area contributed by atoms with Gasteiger partial charge in [-0.25, -0.2) is 0 Å². The molecule has 0 saturated carbocycles. The van der Waals surface area contributed by atoms with Gasteiger partial charge in [0.1, 0.15) is 6.04 Å². The minimum atomic E-state index is 0.509. The summed E-state index contributed by atoms with van der Waals surface area (Å²) < 4.78 is 1.05. The quantitative estimate of drug-likeness (QED) is 0.609. The van der Waals surface area contributed by atoms with Crippen molar-refractivity contribution in [1.29, 1.82) is 0 Å². The van der Waals surface area contributed by atoms with Crippen molar-refractivity contribution in [3.8, 4) is 0 Å². The van der Waals surface area contributed by atoms with Crippen LogP contribution in [0.25, 0.3) is 0 Å². The second kappa shape index (κ2) is 4.77. The maximum atomic E-state index is 6.31. The molecule has 1 saturated heterocycles. The Kier molecular flexibility index (Phi) is 3.11. The molecule has 0 unspecified atom stereocenters. The Labute approximate surface area is 135 Å². The smallest absolute Gasteiger partial charge is 0.123 e. The Morgan fingerprint density at radius 3 is 2.67 bits per heavy atom. The van der Waals surface area contributed by atoms with E-state index in [0.717, 1.165) is 9.51 Å². The maximum Gasteiger partial charge on any atom is 0.123 e. The fourth-order valence-corrected chi connectivity index (χ4v) is 5.35. The van der Waals surface area contributed by atoms with E-state index in [-0.39, 0.29) is 0 Å². The van der Waals surface area contributed by atoms with E-state index in [1.54, 1.807) is 0 Å². The van der Waals surface area contributed by atoms with Crippen LogP contribution in [0.1, 0.15) is 29.5 Å². The first-order chi connectivity index (χ1) is 10.1. The van der Waals surface area contributed by atoms with Crippen molar-refractivity contribution < 1.29 is 4.48 Å². The molecule has 21 heavy (non-hydrogen) atoms. The van der Waals surface area contributed by atoms with Crippen LogP contribution in [0.5, 0.6) is 0 Å². The molecular weight excluding hydrogens is 298 g/mol. The molecule has 0 spiro atoms. The van der Waals surface area contributed by atoms with Gasteiger partial charge in [-0.3, -0.25) is 0 Å². The zero-order valence-corrected chi connectivity index (χ0v) is 13.9. The van der Waals surface area contributed by atoms with Crippen LogP contribution in [0.4, 0.5) is 0 Å². The highest BCUT2D eigenvalue weighted by molar-refractivity contribution is 7.99. The molecule has 0 radical (unpaired) electrons. The molecule has 1 nitrogen and oxygen atoms in total. The molecule has 2 heterocycles. The van der Waals surface area contributed by atoms with Gasteiger partial charge in [0.15, 0.2) is 0 Å². The Morgan fingerprint density at radius 1 is 1.05 bits per heavy atom. The van der Waals surface area contributed by atoms with E-state index in [4.69, 9.17) is 11.6 Å². The second-order valence-electron chi connectivity index (χ2n) is 6.66. The predicted octanol–water partition coefficient (Wildman–Crippen LogP) is 5.11. The van der Waals surface area contributed by atoms with Crippen LogP contribution in [0.3, 0.4) is 0 Å². The molecular formula is C18H19ClNS+. The van der Waals surface area contributed by atoms with E-state index in [9.17, 15) is 0 Å². The van der Waals surface area contributed by atoms with Gasteiger partial charge in [-0.2, -0.15) is 0 Å². The van der Waals surface area contributed by atoms with Crippen LogP contribution in [0.15, 0.2) is 52.3 Å². The van der Waals surface area contributed by atoms with Crippen molar-refractivity contribution in [2.24, 2.45) is 0 Å². The predicted molar refractivity (Wildman–Crippen MR) is 89.1 cm³/mol. The first-order valence-corrected chi connectivity index (χ1v) is 8.64. The van der Waals surface area contributed by atoms with E-state index in [0.29, 0.717) is 12.0 Å². The third-order valence-corrected chi connectivity index (χ3v) is 6.40. The van der Waals surface area contributed by atoms with Crippen molar-refractivity contribution in [3.63, 3.8) is 0 Å². The van der Waals surface area contributed by atoms with Gasteiger partial charge < -0.3 is 4.48 Å². The van der Waals surface area contributed by atoms with Crippen LogP contribution in [0, 0.1) is 0 Å². The summed E-state index contributed by atoms with van der Waals surface area (Å²) in [6.07, 6.45) is 1.25. The molecule has 2 aliphatic rings. The van der Waals surface area contributed by atoms with E-state index < -0.39 is 0 Å². The lowest BCUT2D eigenvalue weighted by Crippen LogP contribution is -2.39. The van der Waals surface area contributed by atoms with Gasteiger partial charge in [-0.1, -0.05) is 41.6 Å². The molecule has 0 aliphatic carbocycles. The topological polar surface area (TPSA) is 0 Å². The third-order valence-electron chi connectivity index (χ3n) is 4.98. The number of likely N-dealkylation sites (tertiary alicyclic amines) is 1. The molecule has 2 aliphatic heterocycles. The molecule has 2 atom stereocenters. The van der Waals surface area contributed by atoms with Crippen LogP contribution in [-0.2, 0) is 0 Å². The summed E-state index contributed by atoms with van der Waals surface area (Å²) >= 11 is 8.21. The molecule has 0 aromatic heterocycles. The minimum absolute atomic E-state index is 0.509. The summed E-state index contributed by atoms with van der Waals surface area (Å²) in [4.78, 5) is 2.78. The van der Waals surface area contributed by atoms with E-state index >= 15 is 0 Å². The number of hydrogen-bond donors (Lipinski definition) is 0. The first kappa shape index (κ1) is 13.7. The molecule has 0 amide bonds. The highest BCUT2D eigenvalue weighted by atomic mass is 35.5.